The molecule has 20 heavy (non-hydrogen) atoms. The van der Waals surface area contributed by atoms with Crippen LogP contribution < -0.4 is 5.73 Å². The van der Waals surface area contributed by atoms with Crippen LogP contribution in [0.25, 0.3) is 0 Å². The summed E-state index contributed by atoms with van der Waals surface area (Å²) in [5.74, 6) is 2.35. The molecule has 0 aromatic carbocycles. The minimum Gasteiger partial charge on any atom is -0.370 e. The van der Waals surface area contributed by atoms with E-state index >= 15 is 0 Å². The van der Waals surface area contributed by atoms with Gasteiger partial charge in [-0.15, -0.1) is 24.0 Å². The topological polar surface area (TPSA) is 41.6 Å². The van der Waals surface area contributed by atoms with Gasteiger partial charge >= 0.3 is 0 Å². The highest BCUT2D eigenvalue weighted by molar-refractivity contribution is 14.0. The largest absolute Gasteiger partial charge is 0.370 e. The van der Waals surface area contributed by atoms with Gasteiger partial charge in [0.1, 0.15) is 0 Å². The molecule has 0 spiro atoms. The summed E-state index contributed by atoms with van der Waals surface area (Å²) in [7, 11) is 0. The Kier molecular flexibility index (Phi) is 9.11. The van der Waals surface area contributed by atoms with E-state index in [0.717, 1.165) is 37.4 Å². The third-order valence-corrected chi connectivity index (χ3v) is 4.67. The standard InChI is InChI=1S/C16H33N3.HI/c1-6-19(7-2)15(17)18-12-13-8-10-14(11-9-13)16(3,4)5;/h13-14H,6-12H2,1-5H3,(H2,17,18);1H. The molecule has 2 N–H and O–H groups in total. The number of hydrogen-bond acceptors (Lipinski definition) is 1. The molecule has 0 amide bonds. The summed E-state index contributed by atoms with van der Waals surface area (Å²) in [5.41, 5.74) is 6.50. The first-order valence-corrected chi connectivity index (χ1v) is 7.93. The molecule has 0 unspecified atom stereocenters. The summed E-state index contributed by atoms with van der Waals surface area (Å²) >= 11 is 0. The lowest BCUT2D eigenvalue weighted by atomic mass is 9.70. The SMILES string of the molecule is CCN(CC)C(N)=NCC1CCC(C(C)(C)C)CC1.I. The second-order valence-corrected chi connectivity index (χ2v) is 6.95. The van der Waals surface area contributed by atoms with Crippen LogP contribution in [0.5, 0.6) is 0 Å². The first-order chi connectivity index (χ1) is 8.88. The van der Waals surface area contributed by atoms with E-state index in [9.17, 15) is 0 Å². The van der Waals surface area contributed by atoms with E-state index in [1.807, 2.05) is 0 Å². The van der Waals surface area contributed by atoms with Crippen molar-refractivity contribution in [3.8, 4) is 0 Å². The molecule has 0 saturated heterocycles. The highest BCUT2D eigenvalue weighted by atomic mass is 127. The van der Waals surface area contributed by atoms with Crippen molar-refractivity contribution in [1.29, 1.82) is 0 Å². The molecule has 120 valence electrons. The molecule has 1 saturated carbocycles. The maximum absolute atomic E-state index is 6.03. The molecule has 1 aliphatic carbocycles. The lowest BCUT2D eigenvalue weighted by Crippen LogP contribution is -2.37. The molecule has 0 aliphatic heterocycles. The van der Waals surface area contributed by atoms with Gasteiger partial charge in [0, 0.05) is 19.6 Å². The van der Waals surface area contributed by atoms with E-state index in [4.69, 9.17) is 5.73 Å². The number of aliphatic imine (C=N–C) groups is 1. The van der Waals surface area contributed by atoms with Crippen molar-refractivity contribution in [3.05, 3.63) is 0 Å². The van der Waals surface area contributed by atoms with Gasteiger partial charge in [-0.3, -0.25) is 4.99 Å². The van der Waals surface area contributed by atoms with Crippen LogP contribution >= 0.6 is 24.0 Å². The first kappa shape index (κ1) is 20.0. The fraction of sp³-hybridized carbons (Fsp3) is 0.938. The van der Waals surface area contributed by atoms with Crippen molar-refractivity contribution in [3.63, 3.8) is 0 Å². The Morgan fingerprint density at radius 3 is 2.00 bits per heavy atom. The van der Waals surface area contributed by atoms with Crippen LogP contribution in [0, 0.1) is 17.3 Å². The summed E-state index contributed by atoms with van der Waals surface area (Å²) in [4.78, 5) is 6.72. The van der Waals surface area contributed by atoms with Gasteiger partial charge in [-0.25, -0.2) is 0 Å². The molecular formula is C16H34IN3. The third-order valence-electron chi connectivity index (χ3n) is 4.67. The van der Waals surface area contributed by atoms with Crippen LogP contribution in [0.4, 0.5) is 0 Å². The molecular weight excluding hydrogens is 361 g/mol. The van der Waals surface area contributed by atoms with E-state index in [-0.39, 0.29) is 24.0 Å². The van der Waals surface area contributed by atoms with E-state index in [2.05, 4.69) is 44.5 Å². The van der Waals surface area contributed by atoms with Gasteiger partial charge in [-0.1, -0.05) is 20.8 Å². The lowest BCUT2D eigenvalue weighted by Gasteiger charge is -2.36. The van der Waals surface area contributed by atoms with Crippen molar-refractivity contribution in [2.75, 3.05) is 19.6 Å². The number of nitrogens with two attached hydrogens (primary N) is 1. The summed E-state index contributed by atoms with van der Waals surface area (Å²) < 4.78 is 0. The third kappa shape index (κ3) is 6.19. The van der Waals surface area contributed by atoms with Gasteiger partial charge < -0.3 is 10.6 Å². The van der Waals surface area contributed by atoms with E-state index in [1.165, 1.54) is 25.7 Å². The highest BCUT2D eigenvalue weighted by Gasteiger charge is 2.29. The fourth-order valence-corrected chi connectivity index (χ4v) is 3.08. The predicted octanol–water partition coefficient (Wildman–Crippen LogP) is 4.11. The molecule has 1 aliphatic rings. The normalized spacial score (nSPS) is 24.1. The Bertz CT molecular complexity index is 285. The van der Waals surface area contributed by atoms with Crippen molar-refractivity contribution in [1.82, 2.24) is 4.90 Å². The Labute approximate surface area is 142 Å². The molecule has 0 radical (unpaired) electrons. The van der Waals surface area contributed by atoms with Crippen LogP contribution in [-0.4, -0.2) is 30.5 Å². The maximum atomic E-state index is 6.03. The van der Waals surface area contributed by atoms with Gasteiger partial charge in [-0.05, 0) is 56.8 Å². The fourth-order valence-electron chi connectivity index (χ4n) is 3.08. The second-order valence-electron chi connectivity index (χ2n) is 6.95. The van der Waals surface area contributed by atoms with Crippen LogP contribution in [0.1, 0.15) is 60.3 Å². The number of hydrogen-bond donors (Lipinski definition) is 1. The molecule has 0 heterocycles. The van der Waals surface area contributed by atoms with Crippen molar-refractivity contribution >= 4 is 29.9 Å². The molecule has 4 heteroatoms. The van der Waals surface area contributed by atoms with Crippen molar-refractivity contribution < 1.29 is 0 Å². The zero-order valence-corrected chi connectivity index (χ0v) is 16.3. The molecule has 0 bridgehead atoms. The summed E-state index contributed by atoms with van der Waals surface area (Å²) in [5, 5.41) is 0. The van der Waals surface area contributed by atoms with E-state index in [1.54, 1.807) is 0 Å². The smallest absolute Gasteiger partial charge is 0.191 e. The average molecular weight is 395 g/mol. The monoisotopic (exact) mass is 395 g/mol. The zero-order valence-electron chi connectivity index (χ0n) is 14.0. The second kappa shape index (κ2) is 9.11. The number of nitrogens with zero attached hydrogens (tertiary/aromatic N) is 2. The molecule has 0 atom stereocenters. The highest BCUT2D eigenvalue weighted by Crippen LogP contribution is 2.39. The van der Waals surface area contributed by atoms with Crippen molar-refractivity contribution in [2.24, 2.45) is 28.0 Å². The van der Waals surface area contributed by atoms with Gasteiger partial charge in [0.25, 0.3) is 0 Å². The number of rotatable bonds is 4. The van der Waals surface area contributed by atoms with Crippen molar-refractivity contribution in [2.45, 2.75) is 60.3 Å². The van der Waals surface area contributed by atoms with Gasteiger partial charge in [0.2, 0.25) is 0 Å². The molecule has 3 nitrogen and oxygen atoms in total. The van der Waals surface area contributed by atoms with Gasteiger partial charge in [0.05, 0.1) is 0 Å². The van der Waals surface area contributed by atoms with Gasteiger partial charge in [-0.2, -0.15) is 0 Å². The Balaban J connectivity index is 0.00000361. The average Bonchev–Trinajstić information content (AvgIpc) is 2.37. The van der Waals surface area contributed by atoms with Crippen LogP contribution in [0.2, 0.25) is 0 Å². The van der Waals surface area contributed by atoms with Crippen LogP contribution in [-0.2, 0) is 0 Å². The van der Waals surface area contributed by atoms with Crippen LogP contribution in [0.15, 0.2) is 4.99 Å². The minimum absolute atomic E-state index is 0. The summed E-state index contributed by atoms with van der Waals surface area (Å²) in [6.07, 6.45) is 5.34. The van der Waals surface area contributed by atoms with E-state index < -0.39 is 0 Å². The molecule has 0 aromatic heterocycles. The predicted molar refractivity (Wildman–Crippen MR) is 99.7 cm³/mol. The first-order valence-electron chi connectivity index (χ1n) is 7.93. The molecule has 1 rings (SSSR count). The Hall–Kier alpha value is 0. The summed E-state index contributed by atoms with van der Waals surface area (Å²) in [6, 6.07) is 0. The number of guanidine groups is 1. The van der Waals surface area contributed by atoms with E-state index in [0.29, 0.717) is 5.41 Å². The summed E-state index contributed by atoms with van der Waals surface area (Å²) in [6.45, 7) is 14.2. The molecule has 1 fully saturated rings. The number of halogens is 1. The Morgan fingerprint density at radius 2 is 1.60 bits per heavy atom. The van der Waals surface area contributed by atoms with Gasteiger partial charge in [0.15, 0.2) is 5.96 Å². The maximum Gasteiger partial charge on any atom is 0.191 e. The van der Waals surface area contributed by atoms with Crippen LogP contribution in [0.3, 0.4) is 0 Å². The minimum atomic E-state index is 0. The Morgan fingerprint density at radius 1 is 1.10 bits per heavy atom. The lowest BCUT2D eigenvalue weighted by molar-refractivity contribution is 0.152. The molecule has 0 aromatic rings. The zero-order chi connectivity index (χ0) is 14.5. The quantitative estimate of drug-likeness (QED) is 0.442.